The van der Waals surface area contributed by atoms with Crippen LogP contribution in [0.5, 0.6) is 0 Å². The largest absolute Gasteiger partial charge is 0.425 e. The zero-order valence-corrected chi connectivity index (χ0v) is 14.8. The van der Waals surface area contributed by atoms with Gasteiger partial charge in [0.1, 0.15) is 17.9 Å². The summed E-state index contributed by atoms with van der Waals surface area (Å²) in [6.45, 7) is 11.6. The molecule has 0 spiro atoms. The maximum absolute atomic E-state index is 11.8. The monoisotopic (exact) mass is 370 g/mol. The Morgan fingerprint density at radius 3 is 1.46 bits per heavy atom. The van der Waals surface area contributed by atoms with E-state index in [0.717, 1.165) is 0 Å². The zero-order chi connectivity index (χ0) is 20.7. The average Bonchev–Trinajstić information content (AvgIpc) is 2.53. The quantitative estimate of drug-likeness (QED) is 0.225. The highest BCUT2D eigenvalue weighted by Gasteiger charge is 2.44. The number of ether oxygens (including phenoxy) is 3. The van der Waals surface area contributed by atoms with Gasteiger partial charge in [-0.3, -0.25) is 0 Å². The highest BCUT2D eigenvalue weighted by molar-refractivity contribution is 5.89. The second-order valence-electron chi connectivity index (χ2n) is 5.31. The number of hydrogen-bond donors (Lipinski definition) is 3. The van der Waals surface area contributed by atoms with Crippen molar-refractivity contribution in [2.75, 3.05) is 13.2 Å². The molecule has 26 heavy (non-hydrogen) atoms. The summed E-state index contributed by atoms with van der Waals surface area (Å²) in [6.07, 6.45) is 0. The Balaban J connectivity index is 6.23. The molecule has 0 unspecified atom stereocenters. The number of carbonyl (C=O) groups is 3. The summed E-state index contributed by atoms with van der Waals surface area (Å²) in [6, 6.07) is 0. The van der Waals surface area contributed by atoms with Crippen LogP contribution in [0.3, 0.4) is 0 Å². The van der Waals surface area contributed by atoms with Crippen molar-refractivity contribution in [3.8, 4) is 0 Å². The van der Waals surface area contributed by atoms with Crippen LogP contribution in [0.1, 0.15) is 20.8 Å². The summed E-state index contributed by atoms with van der Waals surface area (Å²) in [5.41, 5.74) is -1.19. The molecule has 0 aliphatic carbocycles. The molecule has 0 rings (SSSR count). The first kappa shape index (κ1) is 23.2. The van der Waals surface area contributed by atoms with E-state index >= 15 is 0 Å². The van der Waals surface area contributed by atoms with Crippen LogP contribution in [0.4, 0.5) is 0 Å². The van der Waals surface area contributed by atoms with E-state index in [1.54, 1.807) is 0 Å². The van der Waals surface area contributed by atoms with Gasteiger partial charge in [0.05, 0.1) is 6.61 Å². The van der Waals surface area contributed by atoms with E-state index in [1.807, 2.05) is 0 Å². The van der Waals surface area contributed by atoms with E-state index in [1.165, 1.54) is 20.8 Å². The van der Waals surface area contributed by atoms with Crippen molar-refractivity contribution in [3.05, 3.63) is 47.8 Å². The second-order valence-corrected chi connectivity index (χ2v) is 5.31. The van der Waals surface area contributed by atoms with Gasteiger partial charge in [0.15, 0.2) is 0 Å². The van der Waals surface area contributed by atoms with Gasteiger partial charge in [0.25, 0.3) is 0 Å². The highest BCUT2D eigenvalue weighted by Crippen LogP contribution is 2.27. The molecule has 144 valence electrons. The Morgan fingerprint density at radius 1 is 0.808 bits per heavy atom. The van der Waals surface area contributed by atoms with E-state index in [2.05, 4.69) is 29.2 Å². The van der Waals surface area contributed by atoms with Crippen molar-refractivity contribution in [1.82, 2.24) is 0 Å². The van der Waals surface area contributed by atoms with Gasteiger partial charge >= 0.3 is 23.9 Å². The molecule has 3 N–H and O–H groups in total. The molecule has 0 bridgehead atoms. The highest BCUT2D eigenvalue weighted by atomic mass is 16.8. The van der Waals surface area contributed by atoms with Gasteiger partial charge in [-0.1, -0.05) is 19.7 Å². The molecule has 0 atom stereocenters. The first-order chi connectivity index (χ1) is 11.9. The van der Waals surface area contributed by atoms with Crippen LogP contribution in [-0.4, -0.2) is 52.4 Å². The third-order valence-corrected chi connectivity index (χ3v) is 2.74. The summed E-state index contributed by atoms with van der Waals surface area (Å²) in [7, 11) is 0. The standard InChI is InChI=1S/C17H22O9/c1-9(2)14(20)24-13(8-19)12(7-18)17(23,25-15(21)10(3)4)26-16(22)11(5)6/h18-19,23H,1,3,5,7-8H2,2,4,6H3/b13-12+. The molecule has 0 saturated carbocycles. The Morgan fingerprint density at radius 2 is 1.19 bits per heavy atom. The summed E-state index contributed by atoms with van der Waals surface area (Å²) in [5, 5.41) is 29.5. The Bertz CT molecular complexity index is 642. The Kier molecular flexibility index (Phi) is 8.64. The van der Waals surface area contributed by atoms with Gasteiger partial charge in [-0.05, 0) is 20.8 Å². The van der Waals surface area contributed by atoms with Crippen LogP contribution < -0.4 is 0 Å². The van der Waals surface area contributed by atoms with E-state index in [-0.39, 0.29) is 16.7 Å². The molecule has 0 fully saturated rings. The normalized spacial score (nSPS) is 11.8. The van der Waals surface area contributed by atoms with Gasteiger partial charge in [0, 0.05) is 16.7 Å². The third-order valence-electron chi connectivity index (χ3n) is 2.74. The van der Waals surface area contributed by atoms with Gasteiger partial charge in [-0.2, -0.15) is 0 Å². The minimum atomic E-state index is -3.19. The fourth-order valence-corrected chi connectivity index (χ4v) is 1.32. The maximum Gasteiger partial charge on any atom is 0.405 e. The fourth-order valence-electron chi connectivity index (χ4n) is 1.32. The second kappa shape index (κ2) is 9.66. The van der Waals surface area contributed by atoms with Gasteiger partial charge in [-0.15, -0.1) is 0 Å². The number of carbonyl (C=O) groups excluding carboxylic acids is 3. The molecular formula is C17H22O9. The third kappa shape index (κ3) is 6.28. The maximum atomic E-state index is 11.8. The average molecular weight is 370 g/mol. The number of esters is 3. The summed E-state index contributed by atoms with van der Waals surface area (Å²) in [4.78, 5) is 35.2. The molecule has 9 heteroatoms. The van der Waals surface area contributed by atoms with Crippen LogP contribution in [0.15, 0.2) is 47.8 Å². The molecule has 0 aliphatic rings. The van der Waals surface area contributed by atoms with E-state index in [0.29, 0.717) is 0 Å². The fraction of sp³-hybridized carbons (Fsp3) is 0.353. The van der Waals surface area contributed by atoms with Crippen molar-refractivity contribution < 1.29 is 43.9 Å². The Hall–Kier alpha value is -2.75. The van der Waals surface area contributed by atoms with Crippen molar-refractivity contribution >= 4 is 17.9 Å². The van der Waals surface area contributed by atoms with E-state index < -0.39 is 48.4 Å². The van der Waals surface area contributed by atoms with Gasteiger partial charge in [0.2, 0.25) is 0 Å². The topological polar surface area (TPSA) is 140 Å². The lowest BCUT2D eigenvalue weighted by molar-refractivity contribution is -0.302. The molecule has 0 aromatic heterocycles. The summed E-state index contributed by atoms with van der Waals surface area (Å²) >= 11 is 0. The predicted octanol–water partition coefficient (Wildman–Crippen LogP) is 0.229. The van der Waals surface area contributed by atoms with Crippen molar-refractivity contribution in [3.63, 3.8) is 0 Å². The Labute approximate surface area is 150 Å². The zero-order valence-electron chi connectivity index (χ0n) is 14.8. The molecule has 0 heterocycles. The summed E-state index contributed by atoms with van der Waals surface area (Å²) < 4.78 is 14.2. The van der Waals surface area contributed by atoms with Gasteiger partial charge < -0.3 is 29.5 Å². The van der Waals surface area contributed by atoms with Crippen LogP contribution >= 0.6 is 0 Å². The number of aliphatic hydroxyl groups excluding tert-OH is 2. The molecule has 0 amide bonds. The van der Waals surface area contributed by atoms with Crippen LogP contribution in [0, 0.1) is 0 Å². The molecule has 0 aromatic carbocycles. The molecule has 0 saturated heterocycles. The number of aliphatic hydroxyl groups is 3. The van der Waals surface area contributed by atoms with Crippen LogP contribution in [0.2, 0.25) is 0 Å². The van der Waals surface area contributed by atoms with Crippen molar-refractivity contribution in [2.24, 2.45) is 0 Å². The molecule has 9 nitrogen and oxygen atoms in total. The lowest BCUT2D eigenvalue weighted by atomic mass is 10.2. The van der Waals surface area contributed by atoms with Crippen LogP contribution in [0.25, 0.3) is 0 Å². The van der Waals surface area contributed by atoms with E-state index in [9.17, 15) is 29.7 Å². The first-order valence-corrected chi connectivity index (χ1v) is 7.21. The van der Waals surface area contributed by atoms with E-state index in [4.69, 9.17) is 4.74 Å². The molecule has 0 aliphatic heterocycles. The molecule has 0 radical (unpaired) electrons. The minimum absolute atomic E-state index is 0.0605. The smallest absolute Gasteiger partial charge is 0.405 e. The SMILES string of the molecule is C=C(C)C(=O)O/C(CO)=C(\CO)C(O)(OC(=O)C(=C)C)OC(=O)C(=C)C. The number of rotatable bonds is 9. The first-order valence-electron chi connectivity index (χ1n) is 7.21. The predicted molar refractivity (Wildman–Crippen MR) is 88.9 cm³/mol. The van der Waals surface area contributed by atoms with Gasteiger partial charge in [-0.25, -0.2) is 14.4 Å². The minimum Gasteiger partial charge on any atom is -0.425 e. The van der Waals surface area contributed by atoms with Crippen molar-refractivity contribution in [2.45, 2.75) is 26.7 Å². The molecule has 0 aromatic rings. The number of hydrogen-bond acceptors (Lipinski definition) is 9. The molecular weight excluding hydrogens is 348 g/mol. The lowest BCUT2D eigenvalue weighted by Crippen LogP contribution is -2.44. The van der Waals surface area contributed by atoms with Crippen LogP contribution in [-0.2, 0) is 28.6 Å². The van der Waals surface area contributed by atoms with Crippen molar-refractivity contribution in [1.29, 1.82) is 0 Å². The lowest BCUT2D eigenvalue weighted by Gasteiger charge is -2.29. The summed E-state index contributed by atoms with van der Waals surface area (Å²) in [5.74, 6) is -7.26.